The highest BCUT2D eigenvalue weighted by atomic mass is 14.4. The minimum absolute atomic E-state index is 1.10. The molecule has 2 fully saturated rings. The first-order valence-corrected chi connectivity index (χ1v) is 8.02. The van der Waals surface area contributed by atoms with Crippen LogP contribution >= 0.6 is 0 Å². The van der Waals surface area contributed by atoms with Gasteiger partial charge in [0.25, 0.3) is 0 Å². The van der Waals surface area contributed by atoms with Crippen LogP contribution in [0.3, 0.4) is 0 Å². The van der Waals surface area contributed by atoms with Crippen molar-refractivity contribution in [3.8, 4) is 0 Å². The van der Waals surface area contributed by atoms with Crippen molar-refractivity contribution >= 4 is 0 Å². The summed E-state index contributed by atoms with van der Waals surface area (Å²) >= 11 is 0. The van der Waals surface area contributed by atoms with Gasteiger partial charge in [0, 0.05) is 23.7 Å². The predicted molar refractivity (Wildman–Crippen MR) is 91.7 cm³/mol. The molecule has 0 amide bonds. The Balaban J connectivity index is 1.47. The second-order valence-corrected chi connectivity index (χ2v) is 6.29. The number of hydrogen-bond acceptors (Lipinski definition) is 0. The second kappa shape index (κ2) is 5.87. The summed E-state index contributed by atoms with van der Waals surface area (Å²) in [5.74, 6) is 5.65. The van der Waals surface area contributed by atoms with E-state index in [1.165, 1.54) is 46.0 Å². The van der Waals surface area contributed by atoms with Gasteiger partial charge in [0.05, 0.1) is 0 Å². The molecule has 0 aliphatic heterocycles. The smallest absolute Gasteiger partial charge is 0.0160 e. The van der Waals surface area contributed by atoms with Crippen LogP contribution in [0.15, 0.2) is 46.6 Å². The van der Waals surface area contributed by atoms with Crippen LogP contribution in [0.25, 0.3) is 0 Å². The molecule has 108 valence electrons. The van der Waals surface area contributed by atoms with Crippen molar-refractivity contribution in [1.29, 1.82) is 0 Å². The Hall–Kier alpha value is -1.04. The summed E-state index contributed by atoms with van der Waals surface area (Å²) in [6.07, 6.45) is 24.6. The van der Waals surface area contributed by atoms with Crippen LogP contribution in [-0.2, 0) is 0 Å². The summed E-state index contributed by atoms with van der Waals surface area (Å²) in [7, 11) is 0. The maximum absolute atomic E-state index is 2.30. The molecular weight excluding hydrogens is 264 g/mol. The van der Waals surface area contributed by atoms with Crippen molar-refractivity contribution in [3.05, 3.63) is 109 Å². The molecule has 4 aliphatic carbocycles. The first-order valence-electron chi connectivity index (χ1n) is 8.02. The van der Waals surface area contributed by atoms with Crippen LogP contribution in [0.2, 0.25) is 0 Å². The van der Waals surface area contributed by atoms with Gasteiger partial charge < -0.3 is 0 Å². The monoisotopic (exact) mass is 284 g/mol. The van der Waals surface area contributed by atoms with E-state index in [1.54, 1.807) is 0 Å². The fourth-order valence-corrected chi connectivity index (χ4v) is 3.60. The van der Waals surface area contributed by atoms with E-state index >= 15 is 0 Å². The van der Waals surface area contributed by atoms with E-state index in [4.69, 9.17) is 0 Å². The van der Waals surface area contributed by atoms with Gasteiger partial charge in [0.1, 0.15) is 0 Å². The van der Waals surface area contributed by atoms with Gasteiger partial charge in [-0.05, 0) is 65.2 Å². The van der Waals surface area contributed by atoms with E-state index in [2.05, 4.69) is 76.7 Å². The molecule has 2 saturated carbocycles. The first-order chi connectivity index (χ1) is 10.7. The van der Waals surface area contributed by atoms with Gasteiger partial charge >= 0.3 is 0 Å². The largest absolute Gasteiger partial charge is 0.0650 e. The Kier molecular flexibility index (Phi) is 3.88. The number of fused-ring (bicyclic) bond motifs is 2. The lowest BCUT2D eigenvalue weighted by Crippen LogP contribution is -2.14. The van der Waals surface area contributed by atoms with E-state index in [9.17, 15) is 0 Å². The fraction of sp³-hybridized carbons (Fsp3) is 0.182. The molecule has 0 spiro atoms. The van der Waals surface area contributed by atoms with Gasteiger partial charge in [-0.25, -0.2) is 0 Å². The van der Waals surface area contributed by atoms with Crippen molar-refractivity contribution in [2.75, 3.05) is 0 Å². The molecule has 0 bridgehead atoms. The second-order valence-electron chi connectivity index (χ2n) is 6.29. The molecule has 0 atom stereocenters. The lowest BCUT2D eigenvalue weighted by molar-refractivity contribution is 0.865. The third kappa shape index (κ3) is 2.45. The maximum Gasteiger partial charge on any atom is 0.0160 e. The Bertz CT molecular complexity index is 517. The molecule has 0 heterocycles. The summed E-state index contributed by atoms with van der Waals surface area (Å²) in [6.45, 7) is 4.39. The van der Waals surface area contributed by atoms with E-state index in [0.29, 0.717) is 0 Å². The molecule has 10 radical (unpaired) electrons. The van der Waals surface area contributed by atoms with Gasteiger partial charge in [-0.2, -0.15) is 0 Å². The average Bonchev–Trinajstić information content (AvgIpc) is 3.18. The van der Waals surface area contributed by atoms with Crippen LogP contribution in [0.5, 0.6) is 0 Å². The molecular formula is C22H20. The molecule has 0 aromatic heterocycles. The summed E-state index contributed by atoms with van der Waals surface area (Å²) in [6, 6.07) is 0. The van der Waals surface area contributed by atoms with Gasteiger partial charge in [0.15, 0.2) is 0 Å². The Morgan fingerprint density at radius 1 is 0.545 bits per heavy atom. The van der Waals surface area contributed by atoms with Crippen molar-refractivity contribution in [1.82, 2.24) is 0 Å². The zero-order chi connectivity index (χ0) is 15.1. The quantitative estimate of drug-likeness (QED) is 0.677. The average molecular weight is 284 g/mol. The molecule has 4 rings (SSSR count). The van der Waals surface area contributed by atoms with Crippen LogP contribution in [0, 0.1) is 62.2 Å². The highest BCUT2D eigenvalue weighted by molar-refractivity contribution is 5.66. The maximum atomic E-state index is 2.30. The third-order valence-electron chi connectivity index (χ3n) is 4.91. The van der Waals surface area contributed by atoms with Crippen LogP contribution in [0.4, 0.5) is 0 Å². The highest BCUT2D eigenvalue weighted by Crippen LogP contribution is 2.49. The van der Waals surface area contributed by atoms with Gasteiger partial charge in [0.2, 0.25) is 0 Å². The predicted octanol–water partition coefficient (Wildman–Crippen LogP) is 5.09. The highest BCUT2D eigenvalue weighted by Gasteiger charge is 2.37. The Labute approximate surface area is 136 Å². The molecule has 4 aliphatic rings. The van der Waals surface area contributed by atoms with E-state index in [1.807, 2.05) is 0 Å². The van der Waals surface area contributed by atoms with E-state index in [-0.39, 0.29) is 0 Å². The zero-order valence-corrected chi connectivity index (χ0v) is 13.2. The van der Waals surface area contributed by atoms with Crippen LogP contribution in [-0.4, -0.2) is 0 Å². The van der Waals surface area contributed by atoms with Gasteiger partial charge in [-0.3, -0.25) is 0 Å². The standard InChI is InChI=1S/C22H20/c1-15-9-11-17(21-7-3-5-19(15)21)13-14-18-12-10-16(2)20-6-4-8-22(18)20/h3-12H,13-14H2,1-2H3. The summed E-state index contributed by atoms with van der Waals surface area (Å²) < 4.78 is 0. The molecule has 0 nitrogen and oxygen atoms in total. The SMILES string of the molecule is CC1=CC=C(CCC2=CC=C(C)[C]3[CH][CH][CH][C]32)[C]2[CH][CH][CH][C]21. The minimum Gasteiger partial charge on any atom is -0.0650 e. The molecule has 0 N–H and O–H groups in total. The van der Waals surface area contributed by atoms with E-state index < -0.39 is 0 Å². The van der Waals surface area contributed by atoms with Crippen LogP contribution < -0.4 is 0 Å². The molecule has 0 aromatic carbocycles. The lowest BCUT2D eigenvalue weighted by Gasteiger charge is -2.28. The summed E-state index contributed by atoms with van der Waals surface area (Å²) in [4.78, 5) is 0. The summed E-state index contributed by atoms with van der Waals surface area (Å²) in [5, 5.41) is 0. The summed E-state index contributed by atoms with van der Waals surface area (Å²) in [5.41, 5.74) is 5.67. The molecule has 0 aromatic rings. The Morgan fingerprint density at radius 3 is 1.41 bits per heavy atom. The van der Waals surface area contributed by atoms with Crippen LogP contribution in [0.1, 0.15) is 26.7 Å². The molecule has 22 heavy (non-hydrogen) atoms. The van der Waals surface area contributed by atoms with Crippen molar-refractivity contribution in [3.63, 3.8) is 0 Å². The van der Waals surface area contributed by atoms with E-state index in [0.717, 1.165) is 12.8 Å². The topological polar surface area (TPSA) is 0 Å². The zero-order valence-electron chi connectivity index (χ0n) is 13.2. The minimum atomic E-state index is 1.10. The van der Waals surface area contributed by atoms with Crippen molar-refractivity contribution < 1.29 is 0 Å². The van der Waals surface area contributed by atoms with Crippen molar-refractivity contribution in [2.24, 2.45) is 0 Å². The molecule has 0 heteroatoms. The molecule has 0 saturated heterocycles. The number of rotatable bonds is 3. The third-order valence-corrected chi connectivity index (χ3v) is 4.91. The van der Waals surface area contributed by atoms with Gasteiger partial charge in [-0.15, -0.1) is 0 Å². The number of hydrogen-bond donors (Lipinski definition) is 0. The number of allylic oxidation sites excluding steroid dienone is 8. The van der Waals surface area contributed by atoms with Crippen molar-refractivity contribution in [2.45, 2.75) is 26.7 Å². The fourth-order valence-electron chi connectivity index (χ4n) is 3.60. The Morgan fingerprint density at radius 2 is 0.955 bits per heavy atom. The van der Waals surface area contributed by atoms with Gasteiger partial charge in [-0.1, -0.05) is 46.6 Å². The first kappa shape index (κ1) is 14.5. The normalized spacial score (nSPS) is 27.2. The lowest BCUT2D eigenvalue weighted by atomic mass is 9.75. The molecule has 0 unspecified atom stereocenters.